The summed E-state index contributed by atoms with van der Waals surface area (Å²) in [5.41, 5.74) is 0. The number of allylic oxidation sites excluding steroid dienone is 23. The second-order valence-electron chi connectivity index (χ2n) is 14.7. The van der Waals surface area contributed by atoms with Crippen LogP contribution in [0.25, 0.3) is 0 Å². The van der Waals surface area contributed by atoms with Crippen LogP contribution in [0.3, 0.4) is 0 Å². The Morgan fingerprint density at radius 2 is 0.803 bits per heavy atom. The number of ether oxygens (including phenoxy) is 3. The van der Waals surface area contributed by atoms with Crippen molar-refractivity contribution < 1.29 is 28.6 Å². The van der Waals surface area contributed by atoms with Crippen molar-refractivity contribution in [1.29, 1.82) is 0 Å². The molecule has 6 heteroatoms. The van der Waals surface area contributed by atoms with Gasteiger partial charge in [-0.2, -0.15) is 0 Å². The number of hydrogen-bond acceptors (Lipinski definition) is 6. The highest BCUT2D eigenvalue weighted by molar-refractivity contribution is 5.72. The quantitative estimate of drug-likeness (QED) is 0.0202. The molecule has 0 rings (SSSR count). The molecular formula is C55H82O6. The fourth-order valence-electron chi connectivity index (χ4n) is 5.50. The molecule has 61 heavy (non-hydrogen) atoms. The summed E-state index contributed by atoms with van der Waals surface area (Å²) in [6.07, 6.45) is 68.7. The third kappa shape index (κ3) is 46.2. The molecule has 0 heterocycles. The number of unbranched alkanes of at least 4 members (excludes halogenated alkanes) is 8. The van der Waals surface area contributed by atoms with Gasteiger partial charge in [0.05, 0.1) is 6.42 Å². The summed E-state index contributed by atoms with van der Waals surface area (Å²) >= 11 is 0. The van der Waals surface area contributed by atoms with Gasteiger partial charge in [0, 0.05) is 12.8 Å². The second-order valence-corrected chi connectivity index (χ2v) is 14.7. The first kappa shape index (κ1) is 56.3. The molecule has 0 bridgehead atoms. The number of carbonyl (C=O) groups excluding carboxylic acids is 3. The number of hydrogen-bond donors (Lipinski definition) is 0. The van der Waals surface area contributed by atoms with E-state index >= 15 is 0 Å². The van der Waals surface area contributed by atoms with Gasteiger partial charge in [-0.1, -0.05) is 199 Å². The number of rotatable bonds is 39. The number of carbonyl (C=O) groups is 3. The van der Waals surface area contributed by atoms with Gasteiger partial charge in [-0.3, -0.25) is 14.4 Å². The van der Waals surface area contributed by atoms with Gasteiger partial charge >= 0.3 is 17.9 Å². The Hall–Kier alpha value is -4.71. The maximum absolute atomic E-state index is 12.7. The molecule has 0 radical (unpaired) electrons. The summed E-state index contributed by atoms with van der Waals surface area (Å²) in [6, 6.07) is 0. The molecular weight excluding hydrogens is 757 g/mol. The Balaban J connectivity index is 4.60. The van der Waals surface area contributed by atoms with E-state index in [1.165, 1.54) is 19.3 Å². The predicted molar refractivity (Wildman–Crippen MR) is 260 cm³/mol. The van der Waals surface area contributed by atoms with Gasteiger partial charge < -0.3 is 14.2 Å². The highest BCUT2D eigenvalue weighted by Crippen LogP contribution is 2.10. The van der Waals surface area contributed by atoms with E-state index in [2.05, 4.69) is 136 Å². The molecule has 338 valence electrons. The largest absolute Gasteiger partial charge is 0.462 e. The van der Waals surface area contributed by atoms with E-state index in [1.54, 1.807) is 6.08 Å². The first-order valence-electron chi connectivity index (χ1n) is 23.4. The standard InChI is InChI=1S/C55H82O6/c1-4-7-10-13-16-19-21-23-25-27-28-30-31-33-36-39-42-45-48-54(57)60-51-52(50-59-53(56)47-44-41-38-35-18-15-12-9-6-3)61-55(58)49-46-43-40-37-34-32-29-26-24-22-20-17-14-11-8-5-2/h8-9,11-12,16-21,23-28,30,32,34-35,40-41,43-44,52H,4-7,10,13-15,22,29,31,33,36-39,42,45-51H2,1-3H3/b11-8-,12-9-,19-16-,20-17-,23-21-,26-24-,27-25-,30-28-,34-32-,35-18-,43-40-,44-41-. The molecule has 0 aromatic heterocycles. The van der Waals surface area contributed by atoms with E-state index in [1.807, 2.05) is 24.3 Å². The van der Waals surface area contributed by atoms with Crippen LogP contribution in [0, 0.1) is 0 Å². The minimum atomic E-state index is -0.868. The molecule has 0 saturated carbocycles. The van der Waals surface area contributed by atoms with Gasteiger partial charge in [-0.15, -0.1) is 0 Å². The molecule has 0 saturated heterocycles. The van der Waals surface area contributed by atoms with Crippen LogP contribution in [0.5, 0.6) is 0 Å². The van der Waals surface area contributed by atoms with Crippen molar-refractivity contribution in [2.45, 2.75) is 168 Å². The third-order valence-corrected chi connectivity index (χ3v) is 8.95. The van der Waals surface area contributed by atoms with Gasteiger partial charge in [0.25, 0.3) is 0 Å². The summed E-state index contributed by atoms with van der Waals surface area (Å²) in [4.78, 5) is 37.7. The predicted octanol–water partition coefficient (Wildman–Crippen LogP) is 15.3. The maximum atomic E-state index is 12.7. The Labute approximate surface area is 372 Å². The first-order chi connectivity index (χ1) is 30.0. The Morgan fingerprint density at radius 1 is 0.377 bits per heavy atom. The maximum Gasteiger partial charge on any atom is 0.309 e. The molecule has 0 spiro atoms. The van der Waals surface area contributed by atoms with Crippen LogP contribution >= 0.6 is 0 Å². The molecule has 0 N–H and O–H groups in total. The van der Waals surface area contributed by atoms with Crippen molar-refractivity contribution in [3.63, 3.8) is 0 Å². The molecule has 1 atom stereocenters. The lowest BCUT2D eigenvalue weighted by atomic mass is 10.1. The van der Waals surface area contributed by atoms with Gasteiger partial charge in [0.2, 0.25) is 0 Å². The summed E-state index contributed by atoms with van der Waals surface area (Å²) in [5, 5.41) is 0. The van der Waals surface area contributed by atoms with E-state index in [-0.39, 0.29) is 32.0 Å². The molecule has 0 aromatic carbocycles. The van der Waals surface area contributed by atoms with Crippen molar-refractivity contribution >= 4 is 17.9 Å². The average molecular weight is 839 g/mol. The zero-order valence-corrected chi connectivity index (χ0v) is 38.4. The SMILES string of the molecule is CC/C=C\C/C=C\C/C=C\C/C=C\C/C=C\CCC(=O)OC(COC(=O)C/C=C\C/C=C\C/C=C\CC)COC(=O)CCCCCCC\C=C/C=C\C=C/C=C\CCCCC. The zero-order chi connectivity index (χ0) is 44.4. The highest BCUT2D eigenvalue weighted by Gasteiger charge is 2.19. The molecule has 0 amide bonds. The zero-order valence-electron chi connectivity index (χ0n) is 38.4. The smallest absolute Gasteiger partial charge is 0.309 e. The third-order valence-electron chi connectivity index (χ3n) is 8.95. The van der Waals surface area contributed by atoms with E-state index in [4.69, 9.17) is 14.2 Å². The van der Waals surface area contributed by atoms with E-state index in [0.29, 0.717) is 12.8 Å². The van der Waals surface area contributed by atoms with Crippen molar-refractivity contribution in [2.75, 3.05) is 13.2 Å². The van der Waals surface area contributed by atoms with Gasteiger partial charge in [0.15, 0.2) is 6.10 Å². The monoisotopic (exact) mass is 839 g/mol. The minimum Gasteiger partial charge on any atom is -0.462 e. The van der Waals surface area contributed by atoms with Crippen molar-refractivity contribution in [2.24, 2.45) is 0 Å². The molecule has 0 fully saturated rings. The van der Waals surface area contributed by atoms with Gasteiger partial charge in [-0.05, 0) is 89.9 Å². The Morgan fingerprint density at radius 3 is 1.33 bits per heavy atom. The normalized spacial score (nSPS) is 13.4. The second kappa shape index (κ2) is 48.0. The van der Waals surface area contributed by atoms with Crippen molar-refractivity contribution in [1.82, 2.24) is 0 Å². The van der Waals surface area contributed by atoms with Crippen LogP contribution in [0.1, 0.15) is 162 Å². The fraction of sp³-hybridized carbons (Fsp3) is 0.509. The lowest BCUT2D eigenvalue weighted by molar-refractivity contribution is -0.166. The van der Waals surface area contributed by atoms with Gasteiger partial charge in [-0.25, -0.2) is 0 Å². The Kier molecular flexibility index (Phi) is 44.3. The number of esters is 3. The minimum absolute atomic E-state index is 0.108. The Bertz CT molecular complexity index is 1430. The summed E-state index contributed by atoms with van der Waals surface area (Å²) in [5.74, 6) is -1.21. The molecule has 0 aliphatic rings. The van der Waals surface area contributed by atoms with Crippen LogP contribution in [0.15, 0.2) is 146 Å². The summed E-state index contributed by atoms with van der Waals surface area (Å²) in [6.45, 7) is 6.14. The van der Waals surface area contributed by atoms with Crippen LogP contribution in [-0.2, 0) is 28.6 Å². The van der Waals surface area contributed by atoms with Crippen molar-refractivity contribution in [3.05, 3.63) is 146 Å². The molecule has 0 aromatic rings. The van der Waals surface area contributed by atoms with Crippen LogP contribution in [0.4, 0.5) is 0 Å². The topological polar surface area (TPSA) is 78.9 Å². The van der Waals surface area contributed by atoms with Gasteiger partial charge in [0.1, 0.15) is 13.2 Å². The molecule has 0 aliphatic carbocycles. The lowest BCUT2D eigenvalue weighted by Gasteiger charge is -2.18. The molecule has 1 unspecified atom stereocenters. The first-order valence-corrected chi connectivity index (χ1v) is 23.4. The fourth-order valence-corrected chi connectivity index (χ4v) is 5.50. The lowest BCUT2D eigenvalue weighted by Crippen LogP contribution is -2.30. The summed E-state index contributed by atoms with van der Waals surface area (Å²) in [7, 11) is 0. The van der Waals surface area contributed by atoms with Crippen LogP contribution < -0.4 is 0 Å². The van der Waals surface area contributed by atoms with E-state index in [0.717, 1.165) is 96.3 Å². The van der Waals surface area contributed by atoms with Crippen molar-refractivity contribution in [3.8, 4) is 0 Å². The average Bonchev–Trinajstić information content (AvgIpc) is 3.26. The summed E-state index contributed by atoms with van der Waals surface area (Å²) < 4.78 is 16.5. The van der Waals surface area contributed by atoms with Crippen LogP contribution in [-0.4, -0.2) is 37.2 Å². The molecule has 6 nitrogen and oxygen atoms in total. The van der Waals surface area contributed by atoms with Crippen LogP contribution in [0.2, 0.25) is 0 Å². The van der Waals surface area contributed by atoms with E-state index in [9.17, 15) is 14.4 Å². The highest BCUT2D eigenvalue weighted by atomic mass is 16.6. The van der Waals surface area contributed by atoms with E-state index < -0.39 is 18.0 Å². The molecule has 0 aliphatic heterocycles.